The number of likely N-dealkylation sites (tertiary alicyclic amines) is 1. The van der Waals surface area contributed by atoms with Gasteiger partial charge in [-0.1, -0.05) is 6.42 Å². The number of anilines is 1. The van der Waals surface area contributed by atoms with Crippen molar-refractivity contribution >= 4 is 12.0 Å². The molecule has 0 atom stereocenters. The number of aldehydes is 1. The smallest absolute Gasteiger partial charge is 0.150 e. The molecule has 3 nitrogen and oxygen atoms in total. The van der Waals surface area contributed by atoms with E-state index in [1.165, 1.54) is 38.0 Å². The van der Waals surface area contributed by atoms with Gasteiger partial charge in [0.1, 0.15) is 6.29 Å². The molecule has 0 radical (unpaired) electrons. The Labute approximate surface area is 109 Å². The summed E-state index contributed by atoms with van der Waals surface area (Å²) in [7, 11) is 2.11. The lowest BCUT2D eigenvalue weighted by Gasteiger charge is -2.29. The van der Waals surface area contributed by atoms with Gasteiger partial charge in [0.2, 0.25) is 0 Å². The van der Waals surface area contributed by atoms with Crippen LogP contribution in [-0.2, 0) is 0 Å². The Hall–Kier alpha value is -1.35. The van der Waals surface area contributed by atoms with Crippen LogP contribution in [0, 0.1) is 0 Å². The van der Waals surface area contributed by atoms with Crippen molar-refractivity contribution in [1.29, 1.82) is 0 Å². The van der Waals surface area contributed by atoms with Gasteiger partial charge in [0.05, 0.1) is 0 Å². The summed E-state index contributed by atoms with van der Waals surface area (Å²) in [5.41, 5.74) is 1.92. The highest BCUT2D eigenvalue weighted by atomic mass is 16.1. The normalized spacial score (nSPS) is 16.5. The van der Waals surface area contributed by atoms with E-state index in [-0.39, 0.29) is 0 Å². The van der Waals surface area contributed by atoms with Crippen LogP contribution in [-0.4, -0.2) is 44.4 Å². The number of carbonyl (C=O) groups is 1. The van der Waals surface area contributed by atoms with Crippen LogP contribution in [0.4, 0.5) is 5.69 Å². The molecule has 0 aromatic heterocycles. The predicted octanol–water partition coefficient (Wildman–Crippen LogP) is 2.42. The van der Waals surface area contributed by atoms with Crippen molar-refractivity contribution in [2.75, 3.05) is 38.1 Å². The van der Waals surface area contributed by atoms with Gasteiger partial charge in [-0.2, -0.15) is 0 Å². The van der Waals surface area contributed by atoms with E-state index in [1.54, 1.807) is 0 Å². The van der Waals surface area contributed by atoms with Gasteiger partial charge in [0.15, 0.2) is 0 Å². The first-order chi connectivity index (χ1) is 8.79. The van der Waals surface area contributed by atoms with Crippen molar-refractivity contribution in [1.82, 2.24) is 4.90 Å². The average molecular weight is 246 g/mol. The number of benzene rings is 1. The summed E-state index contributed by atoms with van der Waals surface area (Å²) >= 11 is 0. The van der Waals surface area contributed by atoms with Gasteiger partial charge in [-0.15, -0.1) is 0 Å². The largest absolute Gasteiger partial charge is 0.373 e. The van der Waals surface area contributed by atoms with Crippen LogP contribution in [0.15, 0.2) is 24.3 Å². The summed E-state index contributed by atoms with van der Waals surface area (Å²) in [5.74, 6) is 0. The minimum atomic E-state index is 0.739. The summed E-state index contributed by atoms with van der Waals surface area (Å²) < 4.78 is 0. The van der Waals surface area contributed by atoms with E-state index < -0.39 is 0 Å². The molecule has 1 aromatic carbocycles. The minimum absolute atomic E-state index is 0.739. The molecule has 1 saturated heterocycles. The van der Waals surface area contributed by atoms with Crippen molar-refractivity contribution in [3.8, 4) is 0 Å². The Balaban J connectivity index is 1.82. The van der Waals surface area contributed by atoms with Gasteiger partial charge in [-0.25, -0.2) is 0 Å². The number of likely N-dealkylation sites (N-methyl/N-ethyl adjacent to an activating group) is 1. The van der Waals surface area contributed by atoms with Crippen molar-refractivity contribution < 1.29 is 4.79 Å². The van der Waals surface area contributed by atoms with Crippen LogP contribution in [0.1, 0.15) is 29.6 Å². The lowest BCUT2D eigenvalue weighted by Crippen LogP contribution is -2.36. The molecule has 18 heavy (non-hydrogen) atoms. The molecule has 0 amide bonds. The maximum Gasteiger partial charge on any atom is 0.150 e. The standard InChI is InChI=1S/C15H22N2O/c1-16(11-12-17-9-3-2-4-10-17)15-7-5-14(13-18)6-8-15/h5-8,13H,2-4,9-12H2,1H3. The third kappa shape index (κ3) is 3.57. The number of hydrogen-bond donors (Lipinski definition) is 0. The van der Waals surface area contributed by atoms with Crippen molar-refractivity contribution in [3.63, 3.8) is 0 Å². The molecule has 0 saturated carbocycles. The van der Waals surface area contributed by atoms with Gasteiger partial charge >= 0.3 is 0 Å². The second kappa shape index (κ2) is 6.55. The third-order valence-corrected chi connectivity index (χ3v) is 3.67. The van der Waals surface area contributed by atoms with Crippen LogP contribution in [0.5, 0.6) is 0 Å². The highest BCUT2D eigenvalue weighted by Crippen LogP contribution is 2.14. The van der Waals surface area contributed by atoms with E-state index in [9.17, 15) is 4.79 Å². The molecular weight excluding hydrogens is 224 g/mol. The first-order valence-electron chi connectivity index (χ1n) is 6.78. The molecule has 2 rings (SSSR count). The zero-order chi connectivity index (χ0) is 12.8. The highest BCUT2D eigenvalue weighted by molar-refractivity contribution is 5.75. The molecule has 0 spiro atoms. The molecule has 0 unspecified atom stereocenters. The molecule has 3 heteroatoms. The monoisotopic (exact) mass is 246 g/mol. The predicted molar refractivity (Wildman–Crippen MR) is 75.4 cm³/mol. The molecule has 98 valence electrons. The lowest BCUT2D eigenvalue weighted by molar-refractivity contribution is 0.112. The molecule has 1 aromatic rings. The average Bonchev–Trinajstić information content (AvgIpc) is 2.46. The van der Waals surface area contributed by atoms with Crippen LogP contribution in [0.3, 0.4) is 0 Å². The Morgan fingerprint density at radius 2 is 1.83 bits per heavy atom. The Kier molecular flexibility index (Phi) is 4.76. The maximum absolute atomic E-state index is 10.6. The van der Waals surface area contributed by atoms with Crippen LogP contribution >= 0.6 is 0 Å². The van der Waals surface area contributed by atoms with E-state index in [0.717, 1.165) is 24.9 Å². The Morgan fingerprint density at radius 1 is 1.17 bits per heavy atom. The molecule has 1 aliphatic rings. The number of piperidine rings is 1. The quantitative estimate of drug-likeness (QED) is 0.745. The van der Waals surface area contributed by atoms with E-state index in [0.29, 0.717) is 0 Å². The van der Waals surface area contributed by atoms with E-state index in [2.05, 4.69) is 16.8 Å². The fraction of sp³-hybridized carbons (Fsp3) is 0.533. The zero-order valence-corrected chi connectivity index (χ0v) is 11.1. The summed E-state index contributed by atoms with van der Waals surface area (Å²) in [5, 5.41) is 0. The fourth-order valence-electron chi connectivity index (χ4n) is 2.41. The second-order valence-electron chi connectivity index (χ2n) is 5.03. The van der Waals surface area contributed by atoms with E-state index in [1.807, 2.05) is 24.3 Å². The van der Waals surface area contributed by atoms with Crippen LogP contribution in [0.2, 0.25) is 0 Å². The lowest BCUT2D eigenvalue weighted by atomic mass is 10.1. The first kappa shape index (κ1) is 13.1. The number of carbonyl (C=O) groups excluding carboxylic acids is 1. The van der Waals surface area contributed by atoms with E-state index >= 15 is 0 Å². The summed E-state index contributed by atoms with van der Waals surface area (Å²) in [4.78, 5) is 15.4. The molecule has 1 fully saturated rings. The van der Waals surface area contributed by atoms with Crippen LogP contribution < -0.4 is 4.90 Å². The van der Waals surface area contributed by atoms with Gasteiger partial charge in [0, 0.05) is 31.4 Å². The van der Waals surface area contributed by atoms with Crippen molar-refractivity contribution in [3.05, 3.63) is 29.8 Å². The van der Waals surface area contributed by atoms with Crippen molar-refractivity contribution in [2.45, 2.75) is 19.3 Å². The Bertz CT molecular complexity index is 369. The summed E-state index contributed by atoms with van der Waals surface area (Å²) in [6.07, 6.45) is 4.96. The van der Waals surface area contributed by atoms with E-state index in [4.69, 9.17) is 0 Å². The molecule has 1 aliphatic heterocycles. The molecule has 1 heterocycles. The minimum Gasteiger partial charge on any atom is -0.373 e. The number of rotatable bonds is 5. The summed E-state index contributed by atoms with van der Waals surface area (Å²) in [6.45, 7) is 4.67. The first-order valence-corrected chi connectivity index (χ1v) is 6.78. The number of hydrogen-bond acceptors (Lipinski definition) is 3. The molecular formula is C15H22N2O. The Morgan fingerprint density at radius 3 is 2.44 bits per heavy atom. The SMILES string of the molecule is CN(CCN1CCCCC1)c1ccc(C=O)cc1. The van der Waals surface area contributed by atoms with Gasteiger partial charge in [-0.05, 0) is 50.2 Å². The third-order valence-electron chi connectivity index (χ3n) is 3.67. The maximum atomic E-state index is 10.6. The molecule has 0 N–H and O–H groups in total. The van der Waals surface area contributed by atoms with Crippen LogP contribution in [0.25, 0.3) is 0 Å². The number of nitrogens with zero attached hydrogens (tertiary/aromatic N) is 2. The van der Waals surface area contributed by atoms with Gasteiger partial charge < -0.3 is 9.80 Å². The highest BCUT2D eigenvalue weighted by Gasteiger charge is 2.10. The fourth-order valence-corrected chi connectivity index (χ4v) is 2.41. The zero-order valence-electron chi connectivity index (χ0n) is 11.1. The summed E-state index contributed by atoms with van der Waals surface area (Å²) in [6, 6.07) is 7.78. The topological polar surface area (TPSA) is 23.6 Å². The second-order valence-corrected chi connectivity index (χ2v) is 5.03. The molecule has 0 bridgehead atoms. The van der Waals surface area contributed by atoms with Gasteiger partial charge in [-0.3, -0.25) is 4.79 Å². The van der Waals surface area contributed by atoms with Crippen molar-refractivity contribution in [2.24, 2.45) is 0 Å². The van der Waals surface area contributed by atoms with Gasteiger partial charge in [0.25, 0.3) is 0 Å². The molecule has 0 aliphatic carbocycles.